The second-order valence-corrected chi connectivity index (χ2v) is 6.33. The maximum atomic E-state index is 11.0. The summed E-state index contributed by atoms with van der Waals surface area (Å²) >= 11 is 0. The first-order valence-electron chi connectivity index (χ1n) is 8.22. The minimum atomic E-state index is -0.625. The zero-order valence-corrected chi connectivity index (χ0v) is 13.1. The molecular formula is C23H16O. The van der Waals surface area contributed by atoms with Gasteiger partial charge in [-0.05, 0) is 49.5 Å². The van der Waals surface area contributed by atoms with Crippen molar-refractivity contribution < 1.29 is 5.11 Å². The van der Waals surface area contributed by atoms with Gasteiger partial charge in [0.05, 0.1) is 0 Å². The van der Waals surface area contributed by atoms with Crippen LogP contribution in [0.5, 0.6) is 0 Å². The third-order valence-electron chi connectivity index (χ3n) is 4.95. The molecule has 5 aromatic rings. The molecule has 0 unspecified atom stereocenters. The minimum Gasteiger partial charge on any atom is -0.384 e. The Kier molecular flexibility index (Phi) is 2.85. The summed E-state index contributed by atoms with van der Waals surface area (Å²) in [6.07, 6.45) is -0.625. The highest BCUT2D eigenvalue weighted by Crippen LogP contribution is 2.39. The third kappa shape index (κ3) is 1.85. The molecule has 0 amide bonds. The number of benzene rings is 5. The molecule has 24 heavy (non-hydrogen) atoms. The zero-order chi connectivity index (χ0) is 16.1. The summed E-state index contributed by atoms with van der Waals surface area (Å²) in [4.78, 5) is 0. The van der Waals surface area contributed by atoms with E-state index in [-0.39, 0.29) is 0 Å². The van der Waals surface area contributed by atoms with Gasteiger partial charge in [0.15, 0.2) is 0 Å². The molecule has 1 nitrogen and oxygen atoms in total. The lowest BCUT2D eigenvalue weighted by atomic mass is 9.88. The van der Waals surface area contributed by atoms with Gasteiger partial charge in [-0.3, -0.25) is 0 Å². The average Bonchev–Trinajstić information content (AvgIpc) is 2.66. The van der Waals surface area contributed by atoms with Gasteiger partial charge in [-0.25, -0.2) is 0 Å². The summed E-state index contributed by atoms with van der Waals surface area (Å²) < 4.78 is 0. The van der Waals surface area contributed by atoms with E-state index in [1.165, 1.54) is 26.9 Å². The summed E-state index contributed by atoms with van der Waals surface area (Å²) in [5, 5.41) is 18.3. The second kappa shape index (κ2) is 5.05. The fourth-order valence-corrected chi connectivity index (χ4v) is 3.83. The van der Waals surface area contributed by atoms with Crippen LogP contribution in [0, 0.1) is 0 Å². The molecule has 0 aliphatic rings. The van der Waals surface area contributed by atoms with E-state index in [0.717, 1.165) is 16.5 Å². The lowest BCUT2D eigenvalue weighted by molar-refractivity contribution is 0.222. The molecule has 0 fully saturated rings. The molecule has 0 aromatic heterocycles. The van der Waals surface area contributed by atoms with Gasteiger partial charge in [-0.15, -0.1) is 0 Å². The lowest BCUT2D eigenvalue weighted by Crippen LogP contribution is -2.01. The van der Waals surface area contributed by atoms with E-state index in [9.17, 15) is 5.11 Å². The molecule has 0 radical (unpaired) electrons. The van der Waals surface area contributed by atoms with Crippen molar-refractivity contribution in [2.75, 3.05) is 0 Å². The van der Waals surface area contributed by atoms with Crippen LogP contribution in [-0.2, 0) is 0 Å². The molecule has 0 spiro atoms. The fourth-order valence-electron chi connectivity index (χ4n) is 3.83. The number of aliphatic hydroxyl groups is 1. The van der Waals surface area contributed by atoms with Crippen molar-refractivity contribution in [1.82, 2.24) is 0 Å². The molecule has 0 aliphatic heterocycles. The smallest absolute Gasteiger partial charge is 0.105 e. The Morgan fingerprint density at radius 3 is 2.04 bits per heavy atom. The van der Waals surface area contributed by atoms with Gasteiger partial charge in [0, 0.05) is 0 Å². The van der Waals surface area contributed by atoms with Gasteiger partial charge in [0.25, 0.3) is 0 Å². The first-order valence-corrected chi connectivity index (χ1v) is 8.22. The fraction of sp³-hybridized carbons (Fsp3) is 0.0435. The third-order valence-corrected chi connectivity index (χ3v) is 4.95. The van der Waals surface area contributed by atoms with E-state index in [1.54, 1.807) is 0 Å². The Labute approximate surface area is 140 Å². The summed E-state index contributed by atoms with van der Waals surface area (Å²) in [7, 11) is 0. The Morgan fingerprint density at radius 2 is 1.25 bits per heavy atom. The van der Waals surface area contributed by atoms with Gasteiger partial charge in [0.2, 0.25) is 0 Å². The van der Waals surface area contributed by atoms with Crippen molar-refractivity contribution in [3.8, 4) is 0 Å². The second-order valence-electron chi connectivity index (χ2n) is 6.33. The predicted molar refractivity (Wildman–Crippen MR) is 101 cm³/mol. The first-order chi connectivity index (χ1) is 11.8. The number of aliphatic hydroxyl groups excluding tert-OH is 1. The predicted octanol–water partition coefficient (Wildman–Crippen LogP) is 5.67. The highest BCUT2D eigenvalue weighted by molar-refractivity contribution is 6.23. The summed E-state index contributed by atoms with van der Waals surface area (Å²) in [6, 6.07) is 29.1. The Bertz CT molecular complexity index is 1160. The van der Waals surface area contributed by atoms with Crippen molar-refractivity contribution in [2.45, 2.75) is 6.10 Å². The highest BCUT2D eigenvalue weighted by atomic mass is 16.3. The van der Waals surface area contributed by atoms with E-state index in [1.807, 2.05) is 30.3 Å². The van der Waals surface area contributed by atoms with Gasteiger partial charge >= 0.3 is 0 Å². The molecular weight excluding hydrogens is 292 g/mol. The van der Waals surface area contributed by atoms with Crippen molar-refractivity contribution in [2.24, 2.45) is 0 Å². The van der Waals surface area contributed by atoms with Crippen LogP contribution in [0.2, 0.25) is 0 Å². The van der Waals surface area contributed by atoms with Crippen LogP contribution in [-0.4, -0.2) is 5.11 Å². The molecule has 0 heterocycles. The van der Waals surface area contributed by atoms with Gasteiger partial charge in [-0.2, -0.15) is 0 Å². The van der Waals surface area contributed by atoms with E-state index < -0.39 is 6.10 Å². The minimum absolute atomic E-state index is 0.625. The topological polar surface area (TPSA) is 20.2 Å². The van der Waals surface area contributed by atoms with Gasteiger partial charge in [0.1, 0.15) is 6.10 Å². The Balaban J connectivity index is 1.92. The number of hydrogen-bond acceptors (Lipinski definition) is 1. The van der Waals surface area contributed by atoms with Crippen LogP contribution >= 0.6 is 0 Å². The largest absolute Gasteiger partial charge is 0.384 e. The maximum Gasteiger partial charge on any atom is 0.105 e. The first kappa shape index (κ1) is 13.5. The molecule has 1 atom stereocenters. The van der Waals surface area contributed by atoms with Crippen LogP contribution < -0.4 is 0 Å². The molecule has 0 saturated carbocycles. The summed E-state index contributed by atoms with van der Waals surface area (Å²) in [5.74, 6) is 0. The van der Waals surface area contributed by atoms with Crippen molar-refractivity contribution >= 4 is 32.3 Å². The Morgan fingerprint density at radius 1 is 0.583 bits per heavy atom. The lowest BCUT2D eigenvalue weighted by Gasteiger charge is -2.18. The van der Waals surface area contributed by atoms with Crippen LogP contribution in [0.4, 0.5) is 0 Å². The molecule has 0 bridgehead atoms. The zero-order valence-electron chi connectivity index (χ0n) is 13.1. The van der Waals surface area contributed by atoms with Crippen LogP contribution in [0.3, 0.4) is 0 Å². The standard InChI is InChI=1S/C23H16O/c24-23(17-6-2-1-3-7-17)20-14-18-10-4-8-15-12-13-16-9-5-11-19(20)22(16)21(15)18/h1-14,23-24H/t23-/m1/s1. The SMILES string of the molecule is O[C@H](c1ccccc1)c1cc2cccc3ccc4cccc1c4c32. The molecule has 1 N–H and O–H groups in total. The van der Waals surface area contributed by atoms with E-state index in [0.29, 0.717) is 0 Å². The molecule has 0 aliphatic carbocycles. The Hall–Kier alpha value is -2.90. The molecule has 114 valence electrons. The molecule has 5 rings (SSSR count). The van der Waals surface area contributed by atoms with Crippen LogP contribution in [0.15, 0.2) is 84.9 Å². The summed E-state index contributed by atoms with van der Waals surface area (Å²) in [5.41, 5.74) is 1.89. The summed E-state index contributed by atoms with van der Waals surface area (Å²) in [6.45, 7) is 0. The van der Waals surface area contributed by atoms with Crippen LogP contribution in [0.25, 0.3) is 32.3 Å². The van der Waals surface area contributed by atoms with Crippen molar-refractivity contribution in [3.05, 3.63) is 96.1 Å². The number of hydrogen-bond donors (Lipinski definition) is 1. The maximum absolute atomic E-state index is 11.0. The van der Waals surface area contributed by atoms with Gasteiger partial charge in [-0.1, -0.05) is 78.9 Å². The number of rotatable bonds is 2. The van der Waals surface area contributed by atoms with E-state index in [4.69, 9.17) is 0 Å². The van der Waals surface area contributed by atoms with E-state index in [2.05, 4.69) is 54.6 Å². The highest BCUT2D eigenvalue weighted by Gasteiger charge is 2.17. The normalized spacial score (nSPS) is 13.0. The monoisotopic (exact) mass is 308 g/mol. The molecule has 5 aromatic carbocycles. The van der Waals surface area contributed by atoms with E-state index >= 15 is 0 Å². The molecule has 0 saturated heterocycles. The average molecular weight is 308 g/mol. The van der Waals surface area contributed by atoms with Crippen molar-refractivity contribution in [1.29, 1.82) is 0 Å². The van der Waals surface area contributed by atoms with Gasteiger partial charge < -0.3 is 5.11 Å². The van der Waals surface area contributed by atoms with Crippen LogP contribution in [0.1, 0.15) is 17.2 Å². The quantitative estimate of drug-likeness (QED) is 0.417. The molecule has 1 heteroatoms. The van der Waals surface area contributed by atoms with Crippen molar-refractivity contribution in [3.63, 3.8) is 0 Å².